The molecule has 0 fully saturated rings. The molecule has 0 aliphatic heterocycles. The molecule has 0 unspecified atom stereocenters. The lowest BCUT2D eigenvalue weighted by Gasteiger charge is -2.04. The molecule has 0 radical (unpaired) electrons. The summed E-state index contributed by atoms with van der Waals surface area (Å²) in [5.74, 6) is 0.704. The van der Waals surface area contributed by atoms with Crippen molar-refractivity contribution in [3.63, 3.8) is 0 Å². The Kier molecular flexibility index (Phi) is 2.93. The fraction of sp³-hybridized carbons (Fsp3) is 0.333. The van der Waals surface area contributed by atoms with E-state index in [1.165, 1.54) is 0 Å². The normalized spacial score (nSPS) is 14.7. The first-order valence-corrected chi connectivity index (χ1v) is 5.77. The first-order chi connectivity index (χ1) is 6.10. The van der Waals surface area contributed by atoms with Gasteiger partial charge in [-0.25, -0.2) is 8.57 Å². The molecule has 0 N–H and O–H groups in total. The minimum absolute atomic E-state index is 0.703. The maximum atomic E-state index is 11.8. The summed E-state index contributed by atoms with van der Waals surface area (Å²) in [5.41, 5.74) is 0. The predicted octanol–water partition coefficient (Wildman–Crippen LogP) is 1.78. The summed E-state index contributed by atoms with van der Waals surface area (Å²) in [7, 11) is 0.905. The summed E-state index contributed by atoms with van der Waals surface area (Å²) in [5, 5.41) is 0. The standard InChI is InChI=1S/C9H13NO2S/c1-10-13(3,11)9-6-4-5-8(7-9)12-2/h4-7H,1-3H3/t13-/m0/s1. The summed E-state index contributed by atoms with van der Waals surface area (Å²) in [6, 6.07) is 7.16. The highest BCUT2D eigenvalue weighted by atomic mass is 32.2. The van der Waals surface area contributed by atoms with E-state index in [0.29, 0.717) is 10.6 Å². The molecule has 3 nitrogen and oxygen atoms in total. The molecule has 0 amide bonds. The second-order valence-electron chi connectivity index (χ2n) is 2.66. The van der Waals surface area contributed by atoms with Crippen LogP contribution in [0.25, 0.3) is 0 Å². The minimum atomic E-state index is -2.24. The van der Waals surface area contributed by atoms with Gasteiger partial charge in [-0.1, -0.05) is 6.07 Å². The van der Waals surface area contributed by atoms with Crippen LogP contribution in [0.2, 0.25) is 0 Å². The molecule has 0 heterocycles. The quantitative estimate of drug-likeness (QED) is 0.728. The third-order valence-electron chi connectivity index (χ3n) is 1.83. The molecule has 13 heavy (non-hydrogen) atoms. The molecule has 0 saturated carbocycles. The van der Waals surface area contributed by atoms with E-state index in [-0.39, 0.29) is 0 Å². The highest BCUT2D eigenvalue weighted by molar-refractivity contribution is 7.93. The Morgan fingerprint density at radius 2 is 2.15 bits per heavy atom. The minimum Gasteiger partial charge on any atom is -0.497 e. The van der Waals surface area contributed by atoms with E-state index in [4.69, 9.17) is 4.74 Å². The lowest BCUT2D eigenvalue weighted by atomic mass is 10.3. The summed E-state index contributed by atoms with van der Waals surface area (Å²) in [6.07, 6.45) is 1.61. The van der Waals surface area contributed by atoms with Gasteiger partial charge in [0, 0.05) is 13.3 Å². The Hall–Kier alpha value is -1.03. The van der Waals surface area contributed by atoms with Gasteiger partial charge >= 0.3 is 0 Å². The number of hydrogen-bond acceptors (Lipinski definition) is 3. The highest BCUT2D eigenvalue weighted by Gasteiger charge is 2.04. The maximum Gasteiger partial charge on any atom is 0.120 e. The predicted molar refractivity (Wildman–Crippen MR) is 53.7 cm³/mol. The van der Waals surface area contributed by atoms with Crippen LogP contribution in [0.5, 0.6) is 5.75 Å². The second-order valence-corrected chi connectivity index (χ2v) is 5.11. The van der Waals surface area contributed by atoms with Crippen LogP contribution >= 0.6 is 0 Å². The number of nitrogens with zero attached hydrogens (tertiary/aromatic N) is 1. The first kappa shape index (κ1) is 10.1. The largest absolute Gasteiger partial charge is 0.497 e. The van der Waals surface area contributed by atoms with Crippen LogP contribution in [0.1, 0.15) is 0 Å². The van der Waals surface area contributed by atoms with Gasteiger partial charge in [-0.3, -0.25) is 0 Å². The number of ether oxygens (including phenoxy) is 1. The molecule has 1 aromatic rings. The van der Waals surface area contributed by atoms with Crippen LogP contribution < -0.4 is 4.74 Å². The van der Waals surface area contributed by atoms with Gasteiger partial charge in [-0.15, -0.1) is 0 Å². The molecule has 1 rings (SSSR count). The second kappa shape index (κ2) is 3.79. The van der Waals surface area contributed by atoms with Crippen molar-refractivity contribution in [3.05, 3.63) is 24.3 Å². The van der Waals surface area contributed by atoms with Crippen molar-refractivity contribution in [3.8, 4) is 5.75 Å². The van der Waals surface area contributed by atoms with E-state index in [0.717, 1.165) is 0 Å². The summed E-state index contributed by atoms with van der Waals surface area (Å²) in [4.78, 5) is 0.703. The Bertz CT molecular complexity index is 406. The van der Waals surface area contributed by atoms with Gasteiger partial charge < -0.3 is 4.74 Å². The molecule has 0 spiro atoms. The van der Waals surface area contributed by atoms with E-state index in [2.05, 4.69) is 4.36 Å². The molecule has 1 aromatic carbocycles. The van der Waals surface area contributed by atoms with Gasteiger partial charge in [0.05, 0.1) is 21.7 Å². The molecule has 0 aliphatic carbocycles. The van der Waals surface area contributed by atoms with Gasteiger partial charge in [0.15, 0.2) is 0 Å². The van der Waals surface area contributed by atoms with Crippen molar-refractivity contribution in [2.24, 2.45) is 4.36 Å². The van der Waals surface area contributed by atoms with Gasteiger partial charge in [-0.2, -0.15) is 0 Å². The summed E-state index contributed by atoms with van der Waals surface area (Å²) >= 11 is 0. The van der Waals surface area contributed by atoms with Crippen LogP contribution in [-0.4, -0.2) is 24.6 Å². The van der Waals surface area contributed by atoms with Gasteiger partial charge in [-0.05, 0) is 18.2 Å². The molecule has 0 bridgehead atoms. The van der Waals surface area contributed by atoms with Crippen LogP contribution in [0.4, 0.5) is 0 Å². The number of benzene rings is 1. The van der Waals surface area contributed by atoms with Crippen LogP contribution in [0.15, 0.2) is 33.5 Å². The van der Waals surface area contributed by atoms with Gasteiger partial charge in [0.1, 0.15) is 5.75 Å². The summed E-state index contributed by atoms with van der Waals surface area (Å²) in [6.45, 7) is 0. The number of methoxy groups -OCH3 is 1. The molecule has 0 aromatic heterocycles. The molecule has 4 heteroatoms. The van der Waals surface area contributed by atoms with E-state index in [1.54, 1.807) is 32.5 Å². The summed E-state index contributed by atoms with van der Waals surface area (Å²) < 4.78 is 20.7. The number of hydrogen-bond donors (Lipinski definition) is 0. The topological polar surface area (TPSA) is 38.7 Å². The Balaban J connectivity index is 3.25. The molecular formula is C9H13NO2S. The van der Waals surface area contributed by atoms with E-state index in [9.17, 15) is 4.21 Å². The van der Waals surface area contributed by atoms with E-state index in [1.807, 2.05) is 12.1 Å². The fourth-order valence-corrected chi connectivity index (χ4v) is 1.82. The molecule has 0 aliphatic rings. The van der Waals surface area contributed by atoms with Crippen molar-refractivity contribution in [1.29, 1.82) is 0 Å². The van der Waals surface area contributed by atoms with Gasteiger partial charge in [0.2, 0.25) is 0 Å². The molecule has 1 atom stereocenters. The SMILES string of the molecule is CN=[S@@](C)(=O)c1cccc(OC)c1. The van der Waals surface area contributed by atoms with E-state index < -0.39 is 9.73 Å². The zero-order chi connectivity index (χ0) is 9.90. The van der Waals surface area contributed by atoms with Crippen LogP contribution in [0, 0.1) is 0 Å². The van der Waals surface area contributed by atoms with Crippen molar-refractivity contribution in [2.45, 2.75) is 4.90 Å². The average Bonchev–Trinajstić information content (AvgIpc) is 2.18. The molecule has 0 saturated heterocycles. The molecular weight excluding hydrogens is 186 g/mol. The van der Waals surface area contributed by atoms with Crippen molar-refractivity contribution >= 4 is 9.73 Å². The lowest BCUT2D eigenvalue weighted by Crippen LogP contribution is -1.97. The zero-order valence-electron chi connectivity index (χ0n) is 7.98. The van der Waals surface area contributed by atoms with Gasteiger partial charge in [0.25, 0.3) is 0 Å². The zero-order valence-corrected chi connectivity index (χ0v) is 8.80. The Morgan fingerprint density at radius 1 is 1.46 bits per heavy atom. The van der Waals surface area contributed by atoms with Crippen LogP contribution in [0.3, 0.4) is 0 Å². The fourth-order valence-electron chi connectivity index (χ4n) is 0.942. The van der Waals surface area contributed by atoms with Crippen molar-refractivity contribution in [2.75, 3.05) is 20.4 Å². The third kappa shape index (κ3) is 2.21. The maximum absolute atomic E-state index is 11.8. The monoisotopic (exact) mass is 199 g/mol. The smallest absolute Gasteiger partial charge is 0.120 e. The van der Waals surface area contributed by atoms with E-state index >= 15 is 0 Å². The Morgan fingerprint density at radius 3 is 2.69 bits per heavy atom. The average molecular weight is 199 g/mol. The highest BCUT2D eigenvalue weighted by Crippen LogP contribution is 2.17. The Labute approximate surface area is 78.9 Å². The molecule has 72 valence electrons. The lowest BCUT2D eigenvalue weighted by molar-refractivity contribution is 0.413. The third-order valence-corrected chi connectivity index (χ3v) is 3.65. The van der Waals surface area contributed by atoms with Crippen molar-refractivity contribution in [1.82, 2.24) is 0 Å². The first-order valence-electron chi connectivity index (χ1n) is 3.84. The number of rotatable bonds is 2. The van der Waals surface area contributed by atoms with Crippen LogP contribution in [-0.2, 0) is 9.73 Å². The van der Waals surface area contributed by atoms with Crippen molar-refractivity contribution < 1.29 is 8.95 Å².